The molecule has 1 aliphatic heterocycles. The number of nitrogens with one attached hydrogen (secondary N) is 1. The average Bonchev–Trinajstić information content (AvgIpc) is 3.05. The molecule has 24 heavy (non-hydrogen) atoms. The molecule has 1 saturated heterocycles. The van der Waals surface area contributed by atoms with Crippen molar-refractivity contribution in [1.82, 2.24) is 19.6 Å². The summed E-state index contributed by atoms with van der Waals surface area (Å²) in [6.45, 7) is 4.52. The summed E-state index contributed by atoms with van der Waals surface area (Å²) >= 11 is 0. The van der Waals surface area contributed by atoms with Gasteiger partial charge in [0, 0.05) is 31.9 Å². The van der Waals surface area contributed by atoms with Crippen LogP contribution >= 0.6 is 0 Å². The molecule has 7 heteroatoms. The first-order chi connectivity index (χ1) is 11.7. The fraction of sp³-hybridized carbons (Fsp3) is 0.353. The summed E-state index contributed by atoms with van der Waals surface area (Å²) in [5.41, 5.74) is 2.81. The van der Waals surface area contributed by atoms with E-state index in [1.807, 2.05) is 42.0 Å². The van der Waals surface area contributed by atoms with Crippen LogP contribution in [0.4, 0.5) is 11.6 Å². The number of hydrogen-bond donors (Lipinski definition) is 1. The highest BCUT2D eigenvalue weighted by atomic mass is 16.5. The summed E-state index contributed by atoms with van der Waals surface area (Å²) < 4.78 is 7.51. The Morgan fingerprint density at radius 2 is 2.17 bits per heavy atom. The lowest BCUT2D eigenvalue weighted by molar-refractivity contribution is 0.0529. The zero-order valence-electron chi connectivity index (χ0n) is 13.8. The molecular weight excluding hydrogens is 304 g/mol. The number of rotatable bonds is 3. The Kier molecular flexibility index (Phi) is 3.78. The number of fused-ring (bicyclic) bond motifs is 1. The van der Waals surface area contributed by atoms with Crippen LogP contribution in [0.25, 0.3) is 16.9 Å². The molecule has 1 atom stereocenters. The van der Waals surface area contributed by atoms with Gasteiger partial charge in [-0.25, -0.2) is 14.5 Å². The van der Waals surface area contributed by atoms with Gasteiger partial charge in [-0.2, -0.15) is 0 Å². The van der Waals surface area contributed by atoms with Crippen LogP contribution in [-0.2, 0) is 4.74 Å². The van der Waals surface area contributed by atoms with Crippen molar-refractivity contribution in [3.05, 3.63) is 36.7 Å². The van der Waals surface area contributed by atoms with Crippen LogP contribution in [0.1, 0.15) is 6.92 Å². The zero-order valence-corrected chi connectivity index (χ0v) is 13.8. The molecule has 4 rings (SSSR count). The lowest BCUT2D eigenvalue weighted by Gasteiger charge is -2.31. The number of nitrogens with zero attached hydrogens (tertiary/aromatic N) is 5. The second-order valence-electron chi connectivity index (χ2n) is 5.91. The van der Waals surface area contributed by atoms with Gasteiger partial charge in [0.2, 0.25) is 0 Å². The van der Waals surface area contributed by atoms with E-state index in [9.17, 15) is 0 Å². The number of ether oxygens (including phenoxy) is 1. The number of pyridine rings is 1. The van der Waals surface area contributed by atoms with E-state index >= 15 is 0 Å². The van der Waals surface area contributed by atoms with E-state index in [-0.39, 0.29) is 6.10 Å². The van der Waals surface area contributed by atoms with Gasteiger partial charge in [-0.3, -0.25) is 0 Å². The van der Waals surface area contributed by atoms with E-state index in [1.54, 1.807) is 6.20 Å². The largest absolute Gasteiger partial charge is 0.375 e. The van der Waals surface area contributed by atoms with Crippen LogP contribution in [0, 0.1) is 0 Å². The van der Waals surface area contributed by atoms with Crippen molar-refractivity contribution in [1.29, 1.82) is 0 Å². The molecule has 124 valence electrons. The standard InChI is InChI=1S/C17H20N6O/c1-12-11-22(7-8-24-12)17-4-3-16-20-10-14(23(16)21-17)13-5-6-19-15(9-13)18-2/h3-6,9-10,12H,7-8,11H2,1-2H3,(H,18,19). The fourth-order valence-electron chi connectivity index (χ4n) is 2.98. The maximum Gasteiger partial charge on any atom is 0.154 e. The Bertz CT molecular complexity index is 861. The molecule has 0 spiro atoms. The van der Waals surface area contributed by atoms with Crippen molar-refractivity contribution in [2.24, 2.45) is 0 Å². The third-order valence-electron chi connectivity index (χ3n) is 4.23. The summed E-state index contributed by atoms with van der Waals surface area (Å²) in [7, 11) is 1.86. The Morgan fingerprint density at radius 3 is 3.00 bits per heavy atom. The van der Waals surface area contributed by atoms with Crippen molar-refractivity contribution in [3.63, 3.8) is 0 Å². The Hall–Kier alpha value is -2.67. The van der Waals surface area contributed by atoms with E-state index in [0.717, 1.165) is 48.2 Å². The van der Waals surface area contributed by atoms with E-state index in [2.05, 4.69) is 27.1 Å². The molecule has 0 radical (unpaired) electrons. The van der Waals surface area contributed by atoms with Crippen molar-refractivity contribution < 1.29 is 4.74 Å². The first-order valence-corrected chi connectivity index (χ1v) is 8.10. The molecular formula is C17H20N6O. The summed E-state index contributed by atoms with van der Waals surface area (Å²) in [6.07, 6.45) is 3.86. The quantitative estimate of drug-likeness (QED) is 0.795. The third kappa shape index (κ3) is 2.67. The Balaban J connectivity index is 1.75. The fourth-order valence-corrected chi connectivity index (χ4v) is 2.98. The van der Waals surface area contributed by atoms with Gasteiger partial charge in [0.25, 0.3) is 0 Å². The third-order valence-corrected chi connectivity index (χ3v) is 4.23. The summed E-state index contributed by atoms with van der Waals surface area (Å²) in [6, 6.07) is 7.99. The van der Waals surface area contributed by atoms with Gasteiger partial charge in [-0.1, -0.05) is 0 Å². The molecule has 1 fully saturated rings. The highest BCUT2D eigenvalue weighted by Gasteiger charge is 2.19. The van der Waals surface area contributed by atoms with Crippen LogP contribution in [-0.4, -0.2) is 52.4 Å². The number of anilines is 2. The van der Waals surface area contributed by atoms with Crippen LogP contribution in [0.2, 0.25) is 0 Å². The minimum atomic E-state index is 0.219. The van der Waals surface area contributed by atoms with Crippen LogP contribution in [0.15, 0.2) is 36.7 Å². The second-order valence-corrected chi connectivity index (χ2v) is 5.91. The van der Waals surface area contributed by atoms with Gasteiger partial charge >= 0.3 is 0 Å². The van der Waals surface area contributed by atoms with Gasteiger partial charge in [-0.05, 0) is 31.2 Å². The normalized spacial score (nSPS) is 18.1. The molecule has 1 unspecified atom stereocenters. The van der Waals surface area contributed by atoms with Crippen molar-refractivity contribution in [3.8, 4) is 11.3 Å². The molecule has 0 saturated carbocycles. The van der Waals surface area contributed by atoms with E-state index < -0.39 is 0 Å². The highest BCUT2D eigenvalue weighted by molar-refractivity contribution is 5.66. The molecule has 1 N–H and O–H groups in total. The van der Waals surface area contributed by atoms with Gasteiger partial charge in [0.05, 0.1) is 24.6 Å². The van der Waals surface area contributed by atoms with Crippen LogP contribution in [0.3, 0.4) is 0 Å². The Labute approximate surface area is 140 Å². The average molecular weight is 324 g/mol. The summed E-state index contributed by atoms with van der Waals surface area (Å²) in [5.74, 6) is 1.76. The minimum Gasteiger partial charge on any atom is -0.375 e. The lowest BCUT2D eigenvalue weighted by Crippen LogP contribution is -2.41. The maximum absolute atomic E-state index is 5.62. The van der Waals surface area contributed by atoms with Crippen molar-refractivity contribution >= 4 is 17.3 Å². The molecule has 4 heterocycles. The SMILES string of the molecule is CNc1cc(-c2cnc3ccc(N4CCOC(C)C4)nn23)ccn1. The highest BCUT2D eigenvalue weighted by Crippen LogP contribution is 2.23. The molecule has 1 aliphatic rings. The van der Waals surface area contributed by atoms with E-state index in [4.69, 9.17) is 9.84 Å². The molecule has 0 bridgehead atoms. The first kappa shape index (κ1) is 14.9. The van der Waals surface area contributed by atoms with Crippen molar-refractivity contribution in [2.45, 2.75) is 13.0 Å². The van der Waals surface area contributed by atoms with E-state index in [1.165, 1.54) is 0 Å². The second kappa shape index (κ2) is 6.09. The van der Waals surface area contributed by atoms with Gasteiger partial charge < -0.3 is 15.0 Å². The van der Waals surface area contributed by atoms with Gasteiger partial charge in [0.1, 0.15) is 11.6 Å². The van der Waals surface area contributed by atoms with Gasteiger partial charge in [0.15, 0.2) is 5.65 Å². The predicted octanol–water partition coefficient (Wildman–Crippen LogP) is 2.06. The number of imidazole rings is 1. The molecule has 0 aliphatic carbocycles. The van der Waals surface area contributed by atoms with E-state index in [0.29, 0.717) is 0 Å². The zero-order chi connectivity index (χ0) is 16.5. The summed E-state index contributed by atoms with van der Waals surface area (Å²) in [4.78, 5) is 11.0. The van der Waals surface area contributed by atoms with Crippen LogP contribution < -0.4 is 10.2 Å². The molecule has 0 amide bonds. The predicted molar refractivity (Wildman–Crippen MR) is 93.4 cm³/mol. The topological polar surface area (TPSA) is 67.6 Å². The van der Waals surface area contributed by atoms with Crippen LogP contribution in [0.5, 0.6) is 0 Å². The van der Waals surface area contributed by atoms with Gasteiger partial charge in [-0.15, -0.1) is 5.10 Å². The maximum atomic E-state index is 5.62. The number of hydrogen-bond acceptors (Lipinski definition) is 6. The molecule has 3 aromatic heterocycles. The molecule has 3 aromatic rings. The minimum absolute atomic E-state index is 0.219. The lowest BCUT2D eigenvalue weighted by atomic mass is 10.2. The first-order valence-electron chi connectivity index (χ1n) is 8.10. The summed E-state index contributed by atoms with van der Waals surface area (Å²) in [5, 5.41) is 7.87. The molecule has 0 aromatic carbocycles. The number of aromatic nitrogens is 4. The monoisotopic (exact) mass is 324 g/mol. The number of morpholine rings is 1. The molecule has 7 nitrogen and oxygen atoms in total. The Morgan fingerprint density at radius 1 is 1.25 bits per heavy atom. The van der Waals surface area contributed by atoms with Crippen molar-refractivity contribution in [2.75, 3.05) is 37.0 Å². The smallest absolute Gasteiger partial charge is 0.154 e.